The molecule has 38 heavy (non-hydrogen) atoms. The van der Waals surface area contributed by atoms with Crippen LogP contribution in [0.25, 0.3) is 11.1 Å². The SMILES string of the molecule is CS(=O)(=O)Cc1ccc(C(=O)Nc2ccc(-c3ccccc3)cc2)cc1NC(=O)CN1CC2CCC(C1)O2. The predicted molar refractivity (Wildman–Crippen MR) is 148 cm³/mol. The van der Waals surface area contributed by atoms with Gasteiger partial charge in [0.05, 0.1) is 24.5 Å². The molecular formula is C29H31N3O5S. The minimum absolute atomic E-state index is 0.163. The number of amides is 2. The minimum atomic E-state index is -3.36. The van der Waals surface area contributed by atoms with Gasteiger partial charge in [0.1, 0.15) is 0 Å². The molecule has 0 aromatic heterocycles. The number of rotatable bonds is 8. The fourth-order valence-electron chi connectivity index (χ4n) is 5.04. The Balaban J connectivity index is 1.29. The summed E-state index contributed by atoms with van der Waals surface area (Å²) >= 11 is 0. The van der Waals surface area contributed by atoms with Crippen molar-refractivity contribution >= 4 is 33.0 Å². The zero-order chi connectivity index (χ0) is 26.7. The summed E-state index contributed by atoms with van der Waals surface area (Å²) in [5.74, 6) is -0.855. The van der Waals surface area contributed by atoms with Crippen LogP contribution in [0.15, 0.2) is 72.8 Å². The molecule has 2 atom stereocenters. The number of nitrogens with zero attached hydrogens (tertiary/aromatic N) is 1. The first-order chi connectivity index (χ1) is 18.2. The molecule has 2 bridgehead atoms. The molecule has 0 aliphatic carbocycles. The van der Waals surface area contributed by atoms with Crippen molar-refractivity contribution in [1.29, 1.82) is 0 Å². The van der Waals surface area contributed by atoms with E-state index < -0.39 is 9.84 Å². The topological polar surface area (TPSA) is 105 Å². The number of hydrogen-bond acceptors (Lipinski definition) is 6. The van der Waals surface area contributed by atoms with Crippen LogP contribution in [0.5, 0.6) is 0 Å². The van der Waals surface area contributed by atoms with Gasteiger partial charge in [-0.2, -0.15) is 0 Å². The first-order valence-electron chi connectivity index (χ1n) is 12.7. The Labute approximate surface area is 222 Å². The molecule has 9 heteroatoms. The van der Waals surface area contributed by atoms with Gasteiger partial charge in [0.15, 0.2) is 9.84 Å². The molecule has 8 nitrogen and oxygen atoms in total. The highest BCUT2D eigenvalue weighted by Gasteiger charge is 2.34. The second-order valence-electron chi connectivity index (χ2n) is 10.0. The lowest BCUT2D eigenvalue weighted by atomic mass is 10.1. The number of hydrogen-bond donors (Lipinski definition) is 2. The highest BCUT2D eigenvalue weighted by molar-refractivity contribution is 7.89. The van der Waals surface area contributed by atoms with E-state index in [1.807, 2.05) is 54.6 Å². The second kappa shape index (κ2) is 11.1. The van der Waals surface area contributed by atoms with Gasteiger partial charge in [-0.05, 0) is 53.8 Å². The third-order valence-corrected chi connectivity index (χ3v) is 7.64. The van der Waals surface area contributed by atoms with Crippen molar-refractivity contribution in [1.82, 2.24) is 4.90 Å². The number of carbonyl (C=O) groups excluding carboxylic acids is 2. The standard InChI is InChI=1S/C29H31N3O5S/c1-38(35,36)19-23-8-7-22(15-27(23)31-28(33)18-32-16-25-13-14-26(17-32)37-25)29(34)30-24-11-9-21(10-12-24)20-5-3-2-4-6-20/h2-12,15,25-26H,13-14,16-19H2,1H3,(H,30,34)(H,31,33). The van der Waals surface area contributed by atoms with Gasteiger partial charge in [-0.15, -0.1) is 0 Å². The number of nitrogens with one attached hydrogen (secondary N) is 2. The molecule has 0 saturated carbocycles. The second-order valence-corrected chi connectivity index (χ2v) is 12.2. The fourth-order valence-corrected chi connectivity index (χ4v) is 5.86. The van der Waals surface area contributed by atoms with E-state index in [9.17, 15) is 18.0 Å². The van der Waals surface area contributed by atoms with Gasteiger partial charge in [0.25, 0.3) is 5.91 Å². The number of anilines is 2. The van der Waals surface area contributed by atoms with E-state index in [1.165, 1.54) is 6.07 Å². The number of morpholine rings is 1. The molecule has 2 fully saturated rings. The molecule has 5 rings (SSSR count). The average Bonchev–Trinajstić information content (AvgIpc) is 3.23. The number of sulfone groups is 1. The van der Waals surface area contributed by atoms with Crippen LogP contribution in [0.4, 0.5) is 11.4 Å². The van der Waals surface area contributed by atoms with Crippen LogP contribution in [0.1, 0.15) is 28.8 Å². The zero-order valence-corrected chi connectivity index (χ0v) is 22.0. The maximum atomic E-state index is 13.0. The van der Waals surface area contributed by atoms with E-state index in [2.05, 4.69) is 15.5 Å². The third-order valence-electron chi connectivity index (χ3n) is 6.80. The van der Waals surface area contributed by atoms with E-state index in [1.54, 1.807) is 12.1 Å². The Bertz CT molecular complexity index is 1410. The summed E-state index contributed by atoms with van der Waals surface area (Å²) in [7, 11) is -3.36. The van der Waals surface area contributed by atoms with Crippen molar-refractivity contribution < 1.29 is 22.7 Å². The Morgan fingerprint density at radius 3 is 2.21 bits per heavy atom. The maximum absolute atomic E-state index is 13.0. The number of benzene rings is 3. The smallest absolute Gasteiger partial charge is 0.255 e. The van der Waals surface area contributed by atoms with Crippen molar-refractivity contribution in [3.63, 3.8) is 0 Å². The number of likely N-dealkylation sites (tertiary alicyclic amines) is 1. The van der Waals surface area contributed by atoms with Crippen LogP contribution in [0.3, 0.4) is 0 Å². The molecule has 2 saturated heterocycles. The van der Waals surface area contributed by atoms with Gasteiger partial charge in [-0.1, -0.05) is 48.5 Å². The molecule has 2 heterocycles. The van der Waals surface area contributed by atoms with Crippen molar-refractivity contribution in [3.8, 4) is 11.1 Å². The highest BCUT2D eigenvalue weighted by atomic mass is 32.2. The van der Waals surface area contributed by atoms with Crippen LogP contribution < -0.4 is 10.6 Å². The summed E-state index contributed by atoms with van der Waals surface area (Å²) in [6, 6.07) is 22.2. The summed E-state index contributed by atoms with van der Waals surface area (Å²) < 4.78 is 29.9. The number of fused-ring (bicyclic) bond motifs is 2. The van der Waals surface area contributed by atoms with Crippen LogP contribution in [0.2, 0.25) is 0 Å². The molecule has 3 aromatic rings. The van der Waals surface area contributed by atoms with Gasteiger partial charge in [0, 0.05) is 36.3 Å². The molecule has 2 aliphatic heterocycles. The molecule has 2 aliphatic rings. The van der Waals surface area contributed by atoms with E-state index >= 15 is 0 Å². The summed E-state index contributed by atoms with van der Waals surface area (Å²) in [6.45, 7) is 1.58. The molecule has 2 N–H and O–H groups in total. The average molecular weight is 534 g/mol. The lowest BCUT2D eigenvalue weighted by Gasteiger charge is -2.31. The van der Waals surface area contributed by atoms with Gasteiger partial charge in [-0.25, -0.2) is 8.42 Å². The quantitative estimate of drug-likeness (QED) is 0.454. The maximum Gasteiger partial charge on any atom is 0.255 e. The van der Waals surface area contributed by atoms with Crippen molar-refractivity contribution in [2.24, 2.45) is 0 Å². The molecule has 2 unspecified atom stereocenters. The summed E-state index contributed by atoms with van der Waals surface area (Å²) in [5, 5.41) is 5.72. The summed E-state index contributed by atoms with van der Waals surface area (Å²) in [5.41, 5.74) is 3.82. The minimum Gasteiger partial charge on any atom is -0.372 e. The van der Waals surface area contributed by atoms with Gasteiger partial charge in [-0.3, -0.25) is 14.5 Å². The van der Waals surface area contributed by atoms with E-state index in [-0.39, 0.29) is 36.3 Å². The van der Waals surface area contributed by atoms with Gasteiger partial charge < -0.3 is 15.4 Å². The van der Waals surface area contributed by atoms with E-state index in [0.717, 1.165) is 30.2 Å². The fraction of sp³-hybridized carbons (Fsp3) is 0.310. The molecule has 198 valence electrons. The largest absolute Gasteiger partial charge is 0.372 e. The summed E-state index contributed by atoms with van der Waals surface area (Å²) in [4.78, 5) is 28.0. The lowest BCUT2D eigenvalue weighted by Crippen LogP contribution is -2.45. The Hall–Kier alpha value is -3.53. The number of carbonyl (C=O) groups is 2. The van der Waals surface area contributed by atoms with Crippen molar-refractivity contribution in [2.75, 3.05) is 36.5 Å². The molecule has 0 spiro atoms. The van der Waals surface area contributed by atoms with Crippen LogP contribution in [-0.2, 0) is 25.1 Å². The van der Waals surface area contributed by atoms with E-state index in [0.29, 0.717) is 35.6 Å². The lowest BCUT2D eigenvalue weighted by molar-refractivity contribution is -0.119. The molecule has 2 amide bonds. The first-order valence-corrected chi connectivity index (χ1v) is 14.7. The monoisotopic (exact) mass is 533 g/mol. The molecule has 0 radical (unpaired) electrons. The van der Waals surface area contributed by atoms with Crippen LogP contribution in [0, 0.1) is 0 Å². The van der Waals surface area contributed by atoms with Crippen molar-refractivity contribution in [3.05, 3.63) is 83.9 Å². The zero-order valence-electron chi connectivity index (χ0n) is 21.2. The van der Waals surface area contributed by atoms with Gasteiger partial charge >= 0.3 is 0 Å². The molecule has 3 aromatic carbocycles. The normalized spacial score (nSPS) is 19.2. The Morgan fingerprint density at radius 2 is 1.55 bits per heavy atom. The van der Waals surface area contributed by atoms with Gasteiger partial charge in [0.2, 0.25) is 5.91 Å². The van der Waals surface area contributed by atoms with Crippen LogP contribution >= 0.6 is 0 Å². The Morgan fingerprint density at radius 1 is 0.895 bits per heavy atom. The predicted octanol–water partition coefficient (Wildman–Crippen LogP) is 3.95. The molecular weight excluding hydrogens is 502 g/mol. The highest BCUT2D eigenvalue weighted by Crippen LogP contribution is 2.27. The third kappa shape index (κ3) is 6.66. The first kappa shape index (κ1) is 26.1. The van der Waals surface area contributed by atoms with Crippen LogP contribution in [-0.4, -0.2) is 63.2 Å². The van der Waals surface area contributed by atoms with Crippen molar-refractivity contribution in [2.45, 2.75) is 30.8 Å². The number of ether oxygens (including phenoxy) is 1. The van der Waals surface area contributed by atoms with E-state index in [4.69, 9.17) is 4.74 Å². The summed E-state index contributed by atoms with van der Waals surface area (Å²) in [6.07, 6.45) is 3.48. The Kier molecular flexibility index (Phi) is 7.60.